The van der Waals surface area contributed by atoms with Crippen molar-refractivity contribution >= 4 is 15.9 Å². The van der Waals surface area contributed by atoms with E-state index in [0.29, 0.717) is 6.54 Å². The molecular weight excluding hydrogens is 771 g/mol. The minimum absolute atomic E-state index is 0.0159. The van der Waals surface area contributed by atoms with Crippen LogP contribution in [0.3, 0.4) is 0 Å². The highest BCUT2D eigenvalue weighted by atomic mass is 32.2. The molecule has 1 amide bonds. The molecule has 1 aliphatic rings. The Morgan fingerprint density at radius 2 is 1.35 bits per heavy atom. The Morgan fingerprint density at radius 3 is 2.02 bits per heavy atom. The standard InChI is InChI=1S/C50H53N3O6S/c1-35-17-27-45(28-18-35)60(56,57)52-46(30-37-11-6-4-7-12-37)49(55)51-31-40-15-10-16-44(29-40)41-23-25-43(26-24-41)50-58-47(33-53(3)32-38-13-8-5-9-14-38)36(2)48(59-50)42-21-19-39(34-54)20-22-42/h4-29,36,46-48,50,52,54H,30-34H2,1-3H3,(H,51,55)/t36-,46-,47+,48+,50+/m1/s1. The molecule has 0 spiro atoms. The quantitative estimate of drug-likeness (QED) is 0.0900. The molecule has 1 saturated heterocycles. The van der Waals surface area contributed by atoms with Crippen molar-refractivity contribution in [2.24, 2.45) is 5.92 Å². The summed E-state index contributed by atoms with van der Waals surface area (Å²) in [5.74, 6) is -0.359. The van der Waals surface area contributed by atoms with Crippen LogP contribution in [0.15, 0.2) is 163 Å². The average molecular weight is 824 g/mol. The first-order valence-electron chi connectivity index (χ1n) is 20.4. The summed E-state index contributed by atoms with van der Waals surface area (Å²) in [6.45, 7) is 5.78. The maximum Gasteiger partial charge on any atom is 0.241 e. The van der Waals surface area contributed by atoms with Crippen molar-refractivity contribution in [3.63, 3.8) is 0 Å². The van der Waals surface area contributed by atoms with Crippen molar-refractivity contribution in [3.05, 3.63) is 197 Å². The summed E-state index contributed by atoms with van der Waals surface area (Å²) in [7, 11) is -1.85. The first-order valence-corrected chi connectivity index (χ1v) is 21.9. The lowest BCUT2D eigenvalue weighted by Gasteiger charge is -2.42. The third kappa shape index (κ3) is 11.0. The molecule has 10 heteroatoms. The van der Waals surface area contributed by atoms with Crippen molar-refractivity contribution in [2.45, 2.75) is 69.4 Å². The molecular formula is C50H53N3O6S. The summed E-state index contributed by atoms with van der Waals surface area (Å²) >= 11 is 0. The van der Waals surface area contributed by atoms with Crippen LogP contribution in [0.2, 0.25) is 0 Å². The Kier molecular flexibility index (Phi) is 14.0. The maximum absolute atomic E-state index is 13.7. The van der Waals surface area contributed by atoms with Gasteiger partial charge in [0.05, 0.1) is 23.7 Å². The number of nitrogens with zero attached hydrogens (tertiary/aromatic N) is 1. The van der Waals surface area contributed by atoms with Gasteiger partial charge in [-0.05, 0) is 77.5 Å². The second kappa shape index (κ2) is 19.7. The molecule has 5 atom stereocenters. The van der Waals surface area contributed by atoms with E-state index < -0.39 is 28.3 Å². The van der Waals surface area contributed by atoms with E-state index in [-0.39, 0.29) is 42.6 Å². The number of carbonyl (C=O) groups excluding carboxylic acids is 1. The monoisotopic (exact) mass is 823 g/mol. The number of aliphatic hydroxyl groups is 1. The van der Waals surface area contributed by atoms with Gasteiger partial charge in [0.25, 0.3) is 0 Å². The fourth-order valence-corrected chi connectivity index (χ4v) is 8.81. The summed E-state index contributed by atoms with van der Waals surface area (Å²) in [5, 5.41) is 12.6. The molecule has 0 aromatic heterocycles. The third-order valence-electron chi connectivity index (χ3n) is 11.0. The summed E-state index contributed by atoms with van der Waals surface area (Å²) < 4.78 is 42.9. The molecule has 0 unspecified atom stereocenters. The zero-order valence-electron chi connectivity index (χ0n) is 34.3. The fourth-order valence-electron chi connectivity index (χ4n) is 7.61. The Bertz CT molecular complexity index is 2410. The average Bonchev–Trinajstić information content (AvgIpc) is 3.27. The lowest BCUT2D eigenvalue weighted by Crippen LogP contribution is -2.47. The molecule has 0 aliphatic carbocycles. The minimum atomic E-state index is -3.96. The van der Waals surface area contributed by atoms with Crippen molar-refractivity contribution in [1.82, 2.24) is 14.9 Å². The smallest absolute Gasteiger partial charge is 0.241 e. The summed E-state index contributed by atoms with van der Waals surface area (Å²) in [6, 6.07) is 49.4. The van der Waals surface area contributed by atoms with Crippen LogP contribution >= 0.6 is 0 Å². The number of carbonyl (C=O) groups is 1. The van der Waals surface area contributed by atoms with Crippen LogP contribution in [-0.4, -0.2) is 50.1 Å². The molecule has 3 N–H and O–H groups in total. The summed E-state index contributed by atoms with van der Waals surface area (Å²) in [6.07, 6.45) is -0.735. The number of nitrogens with one attached hydrogen (secondary N) is 2. The number of rotatable bonds is 16. The molecule has 9 nitrogen and oxygen atoms in total. The van der Waals surface area contributed by atoms with Crippen LogP contribution in [0.5, 0.6) is 0 Å². The lowest BCUT2D eigenvalue weighted by molar-refractivity contribution is -0.276. The van der Waals surface area contributed by atoms with Gasteiger partial charge in [0.15, 0.2) is 6.29 Å². The van der Waals surface area contributed by atoms with Gasteiger partial charge in [0.2, 0.25) is 15.9 Å². The van der Waals surface area contributed by atoms with E-state index in [2.05, 4.69) is 65.3 Å². The topological polar surface area (TPSA) is 117 Å². The zero-order valence-corrected chi connectivity index (χ0v) is 35.1. The first-order chi connectivity index (χ1) is 29.0. The Labute approximate surface area is 354 Å². The Balaban J connectivity index is 1.05. The van der Waals surface area contributed by atoms with Gasteiger partial charge in [-0.1, -0.05) is 152 Å². The van der Waals surface area contributed by atoms with E-state index in [0.717, 1.165) is 51.1 Å². The molecule has 0 bridgehead atoms. The largest absolute Gasteiger partial charge is 0.392 e. The number of hydrogen-bond acceptors (Lipinski definition) is 7. The number of aryl methyl sites for hydroxylation is 1. The molecule has 1 heterocycles. The van der Waals surface area contributed by atoms with E-state index >= 15 is 0 Å². The number of ether oxygens (including phenoxy) is 2. The molecule has 6 aromatic rings. The van der Waals surface area contributed by atoms with Gasteiger partial charge >= 0.3 is 0 Å². The molecule has 7 rings (SSSR count). The van der Waals surface area contributed by atoms with E-state index in [1.807, 2.05) is 104 Å². The lowest BCUT2D eigenvalue weighted by atomic mass is 9.90. The predicted molar refractivity (Wildman–Crippen MR) is 235 cm³/mol. The second-order valence-corrected chi connectivity index (χ2v) is 17.4. The van der Waals surface area contributed by atoms with Crippen molar-refractivity contribution < 1.29 is 27.8 Å². The number of likely N-dealkylation sites (N-methyl/N-ethyl adjacent to an activating group) is 1. The van der Waals surface area contributed by atoms with Crippen LogP contribution in [0, 0.1) is 12.8 Å². The van der Waals surface area contributed by atoms with Crippen molar-refractivity contribution in [3.8, 4) is 11.1 Å². The number of benzene rings is 6. The zero-order chi connectivity index (χ0) is 42.1. The highest BCUT2D eigenvalue weighted by molar-refractivity contribution is 7.89. The summed E-state index contributed by atoms with van der Waals surface area (Å²) in [4.78, 5) is 16.1. The van der Waals surface area contributed by atoms with Gasteiger partial charge in [-0.3, -0.25) is 9.69 Å². The van der Waals surface area contributed by atoms with Gasteiger partial charge in [0, 0.05) is 31.1 Å². The number of amides is 1. The van der Waals surface area contributed by atoms with Crippen LogP contribution < -0.4 is 10.0 Å². The molecule has 310 valence electrons. The highest BCUT2D eigenvalue weighted by Gasteiger charge is 2.39. The molecule has 1 aliphatic heterocycles. The molecule has 60 heavy (non-hydrogen) atoms. The predicted octanol–water partition coefficient (Wildman–Crippen LogP) is 8.28. The maximum atomic E-state index is 13.7. The first kappa shape index (κ1) is 42.7. The van der Waals surface area contributed by atoms with Crippen molar-refractivity contribution in [1.29, 1.82) is 0 Å². The van der Waals surface area contributed by atoms with E-state index in [1.165, 1.54) is 5.56 Å². The highest BCUT2D eigenvalue weighted by Crippen LogP contribution is 2.42. The number of sulfonamides is 1. The van der Waals surface area contributed by atoms with Gasteiger partial charge in [-0.15, -0.1) is 0 Å². The van der Waals surface area contributed by atoms with E-state index in [4.69, 9.17) is 9.47 Å². The molecule has 6 aromatic carbocycles. The molecule has 0 saturated carbocycles. The Hall–Kier alpha value is -5.46. The SMILES string of the molecule is Cc1ccc(S(=O)(=O)N[C@H](Cc2ccccc2)C(=O)NCc2cccc(-c3ccc([C@H]4O[C@@H](CN(C)Cc5ccccc5)[C@@H](C)[C@@H](c5ccc(CO)cc5)O4)cc3)c2)cc1. The van der Waals surface area contributed by atoms with E-state index in [9.17, 15) is 18.3 Å². The van der Waals surface area contributed by atoms with E-state index in [1.54, 1.807) is 24.3 Å². The molecule has 1 fully saturated rings. The van der Waals surface area contributed by atoms with Gasteiger partial charge in [0.1, 0.15) is 6.04 Å². The van der Waals surface area contributed by atoms with Gasteiger partial charge in [-0.25, -0.2) is 8.42 Å². The molecule has 0 radical (unpaired) electrons. The Morgan fingerprint density at radius 1 is 0.717 bits per heavy atom. The minimum Gasteiger partial charge on any atom is -0.392 e. The fraction of sp³-hybridized carbons (Fsp3) is 0.260. The van der Waals surface area contributed by atoms with Crippen LogP contribution in [-0.2, 0) is 50.4 Å². The normalized spacial score (nSPS) is 18.6. The van der Waals surface area contributed by atoms with Crippen LogP contribution in [0.4, 0.5) is 0 Å². The summed E-state index contributed by atoms with van der Waals surface area (Å²) in [5.41, 5.74) is 8.64. The van der Waals surface area contributed by atoms with Crippen LogP contribution in [0.1, 0.15) is 58.3 Å². The van der Waals surface area contributed by atoms with Gasteiger partial charge in [-0.2, -0.15) is 4.72 Å². The number of aliphatic hydroxyl groups excluding tert-OH is 1. The second-order valence-electron chi connectivity index (χ2n) is 15.7. The van der Waals surface area contributed by atoms with Gasteiger partial charge < -0.3 is 19.9 Å². The van der Waals surface area contributed by atoms with Crippen LogP contribution in [0.25, 0.3) is 11.1 Å². The number of hydrogen-bond donors (Lipinski definition) is 3. The van der Waals surface area contributed by atoms with Crippen molar-refractivity contribution in [2.75, 3.05) is 13.6 Å². The third-order valence-corrected chi connectivity index (χ3v) is 12.5.